The average molecular weight is 541 g/mol. The molecule has 0 radical (unpaired) electrons. The van der Waals surface area contributed by atoms with Crippen LogP contribution in [0.15, 0.2) is 30.3 Å². The Morgan fingerprint density at radius 1 is 1.16 bits per heavy atom. The van der Waals surface area contributed by atoms with E-state index in [1.54, 1.807) is 13.8 Å². The Balaban J connectivity index is 1.58. The normalized spacial score (nSPS) is 17.9. The van der Waals surface area contributed by atoms with E-state index >= 15 is 0 Å². The highest BCUT2D eigenvalue weighted by Crippen LogP contribution is 2.44. The van der Waals surface area contributed by atoms with Gasteiger partial charge in [-0.25, -0.2) is 23.1 Å². The molecule has 0 aliphatic heterocycles. The zero-order valence-electron chi connectivity index (χ0n) is 21.3. The quantitative estimate of drug-likeness (QED) is 0.177. The highest BCUT2D eigenvalue weighted by atomic mass is 19.3. The van der Waals surface area contributed by atoms with Crippen molar-refractivity contribution in [3.05, 3.63) is 53.1 Å². The third-order valence-corrected chi connectivity index (χ3v) is 6.25. The molecule has 206 valence electrons. The fourth-order valence-corrected chi connectivity index (χ4v) is 3.93. The van der Waals surface area contributed by atoms with Gasteiger partial charge in [0.05, 0.1) is 18.2 Å². The van der Waals surface area contributed by atoms with Crippen LogP contribution in [0.4, 0.5) is 33.5 Å². The van der Waals surface area contributed by atoms with E-state index in [4.69, 9.17) is 15.2 Å². The van der Waals surface area contributed by atoms with Crippen LogP contribution in [0.25, 0.3) is 10.9 Å². The van der Waals surface area contributed by atoms with E-state index in [0.717, 1.165) is 26.0 Å². The summed E-state index contributed by atoms with van der Waals surface area (Å²) in [7, 11) is 0. The summed E-state index contributed by atoms with van der Waals surface area (Å²) in [6, 6.07) is 5.83. The predicted octanol–water partition coefficient (Wildman–Crippen LogP) is 5.50. The topological polar surface area (TPSA) is 103 Å². The van der Waals surface area contributed by atoms with Gasteiger partial charge in [0.15, 0.2) is 11.6 Å². The molecule has 0 saturated heterocycles. The molecule has 1 aliphatic carbocycles. The van der Waals surface area contributed by atoms with Crippen molar-refractivity contribution in [1.29, 1.82) is 0 Å². The maximum absolute atomic E-state index is 14.8. The van der Waals surface area contributed by atoms with Crippen molar-refractivity contribution >= 4 is 22.4 Å². The summed E-state index contributed by atoms with van der Waals surface area (Å²) in [6.07, 6.45) is -1.48. The fourth-order valence-electron chi connectivity index (χ4n) is 3.93. The van der Waals surface area contributed by atoms with E-state index in [1.165, 1.54) is 18.2 Å². The molecule has 0 amide bonds. The summed E-state index contributed by atoms with van der Waals surface area (Å²) in [5, 5.41) is 13.5. The molecule has 3 aromatic rings. The molecule has 38 heavy (non-hydrogen) atoms. The highest BCUT2D eigenvalue weighted by Gasteiger charge is 2.58. The smallest absolute Gasteiger partial charge is 0.300 e. The Kier molecular flexibility index (Phi) is 7.17. The highest BCUT2D eigenvalue weighted by molar-refractivity contribution is 5.90. The lowest BCUT2D eigenvalue weighted by Gasteiger charge is -2.30. The van der Waals surface area contributed by atoms with Gasteiger partial charge in [0.1, 0.15) is 30.0 Å². The van der Waals surface area contributed by atoms with Gasteiger partial charge in [-0.15, -0.1) is 0 Å². The van der Waals surface area contributed by atoms with Crippen LogP contribution in [0, 0.1) is 12.7 Å². The van der Waals surface area contributed by atoms with Gasteiger partial charge in [0.2, 0.25) is 0 Å². The summed E-state index contributed by atoms with van der Waals surface area (Å²) in [4.78, 5) is 8.63. The third-order valence-electron chi connectivity index (χ3n) is 6.25. The van der Waals surface area contributed by atoms with E-state index in [2.05, 4.69) is 15.3 Å². The first-order valence-corrected chi connectivity index (χ1v) is 12.0. The Labute approximate surface area is 216 Å². The zero-order valence-corrected chi connectivity index (χ0v) is 21.3. The number of aryl methyl sites for hydroxylation is 1. The van der Waals surface area contributed by atoms with Crippen molar-refractivity contribution < 1.29 is 36.5 Å². The van der Waals surface area contributed by atoms with E-state index in [1.807, 2.05) is 0 Å². The third kappa shape index (κ3) is 5.75. The Bertz CT molecular complexity index is 1350. The molecule has 2 atom stereocenters. The number of aliphatic hydroxyl groups is 1. The van der Waals surface area contributed by atoms with Crippen LogP contribution in [0.2, 0.25) is 0 Å². The number of ether oxygens (including phenoxy) is 2. The lowest BCUT2D eigenvalue weighted by Crippen LogP contribution is -2.40. The number of nitrogen functional groups attached to an aromatic ring is 1. The largest absolute Gasteiger partial charge is 0.488 e. The number of nitrogens with zero attached hydrogens (tertiary/aromatic N) is 2. The minimum Gasteiger partial charge on any atom is -0.488 e. The lowest BCUT2D eigenvalue weighted by molar-refractivity contribution is -0.168. The SMILES string of the molecule is Cc1nc(N[C@H](C)c2cc(N)cc(C(F)(F)C(C)(C)O)c2)c2cc(OCCOC3CC3(F)F)c(F)cc2n1. The second-order valence-corrected chi connectivity index (χ2v) is 9.98. The van der Waals surface area contributed by atoms with Crippen molar-refractivity contribution in [1.82, 2.24) is 9.97 Å². The van der Waals surface area contributed by atoms with Crippen LogP contribution < -0.4 is 15.8 Å². The first kappa shape index (κ1) is 27.8. The predicted molar refractivity (Wildman–Crippen MR) is 132 cm³/mol. The van der Waals surface area contributed by atoms with Crippen LogP contribution in [-0.2, 0) is 10.7 Å². The summed E-state index contributed by atoms with van der Waals surface area (Å²) >= 11 is 0. The molecule has 1 heterocycles. The Morgan fingerprint density at radius 2 is 1.84 bits per heavy atom. The zero-order chi connectivity index (χ0) is 28.0. The lowest BCUT2D eigenvalue weighted by atomic mass is 9.91. The molecule has 1 aliphatic rings. The van der Waals surface area contributed by atoms with Crippen LogP contribution in [0.1, 0.15) is 50.2 Å². The van der Waals surface area contributed by atoms with Gasteiger partial charge in [0.25, 0.3) is 5.92 Å². The molecule has 1 fully saturated rings. The van der Waals surface area contributed by atoms with Crippen LogP contribution >= 0.6 is 0 Å². The summed E-state index contributed by atoms with van der Waals surface area (Å²) < 4.78 is 80.6. The molecule has 7 nitrogen and oxygen atoms in total. The molecule has 1 saturated carbocycles. The second kappa shape index (κ2) is 9.81. The summed E-state index contributed by atoms with van der Waals surface area (Å²) in [5.41, 5.74) is 3.90. The number of aromatic nitrogens is 2. The van der Waals surface area contributed by atoms with Crippen LogP contribution in [0.5, 0.6) is 5.75 Å². The van der Waals surface area contributed by atoms with Gasteiger partial charge in [-0.1, -0.05) is 0 Å². The minimum atomic E-state index is -3.57. The number of hydrogen-bond acceptors (Lipinski definition) is 7. The maximum Gasteiger partial charge on any atom is 0.300 e. The summed E-state index contributed by atoms with van der Waals surface area (Å²) in [6.45, 7) is 5.06. The molecular formula is C26H29F5N4O3. The van der Waals surface area contributed by atoms with Gasteiger partial charge in [-0.3, -0.25) is 0 Å². The van der Waals surface area contributed by atoms with Crippen LogP contribution in [0.3, 0.4) is 0 Å². The van der Waals surface area contributed by atoms with Crippen molar-refractivity contribution in [2.24, 2.45) is 0 Å². The van der Waals surface area contributed by atoms with Gasteiger partial charge in [-0.2, -0.15) is 8.78 Å². The molecule has 12 heteroatoms. The van der Waals surface area contributed by atoms with Crippen molar-refractivity contribution in [2.75, 3.05) is 24.3 Å². The summed E-state index contributed by atoms with van der Waals surface area (Å²) in [5.74, 6) is -6.63. The van der Waals surface area contributed by atoms with Gasteiger partial charge in [0, 0.05) is 29.1 Å². The molecule has 1 aromatic heterocycles. The molecule has 2 aromatic carbocycles. The molecule has 0 spiro atoms. The van der Waals surface area contributed by atoms with Crippen LogP contribution in [-0.4, -0.2) is 45.9 Å². The Hall–Kier alpha value is -3.25. The second-order valence-electron chi connectivity index (χ2n) is 9.98. The van der Waals surface area contributed by atoms with Gasteiger partial charge >= 0.3 is 5.92 Å². The average Bonchev–Trinajstić information content (AvgIpc) is 3.41. The number of nitrogens with one attached hydrogen (secondary N) is 1. The van der Waals surface area contributed by atoms with Gasteiger partial charge in [-0.05, 0) is 57.5 Å². The number of halogens is 5. The Morgan fingerprint density at radius 3 is 2.47 bits per heavy atom. The van der Waals surface area contributed by atoms with Crippen molar-refractivity contribution in [3.63, 3.8) is 0 Å². The first-order valence-electron chi connectivity index (χ1n) is 12.0. The number of fused-ring (bicyclic) bond motifs is 1. The van der Waals surface area contributed by atoms with E-state index in [-0.39, 0.29) is 42.4 Å². The molecule has 1 unspecified atom stereocenters. The van der Waals surface area contributed by atoms with Crippen molar-refractivity contribution in [2.45, 2.75) is 63.7 Å². The number of alkyl halides is 4. The van der Waals surface area contributed by atoms with Crippen molar-refractivity contribution in [3.8, 4) is 5.75 Å². The van der Waals surface area contributed by atoms with E-state index in [0.29, 0.717) is 16.8 Å². The number of anilines is 2. The molecule has 4 rings (SSSR count). The monoisotopic (exact) mass is 540 g/mol. The molecule has 0 bridgehead atoms. The van der Waals surface area contributed by atoms with E-state index < -0.39 is 41.0 Å². The standard InChI is InChI=1S/C26H29F5N4O3/c1-13(15-7-16(9-17(32)8-15)26(30,31)24(3,4)36)33-23-18-10-21(19(27)11-20(18)34-14(2)35-23)37-5-6-38-22-12-25(22,28)29/h7-11,13,22,36H,5-6,12,32H2,1-4H3,(H,33,34,35)/t13-,22?/m1/s1. The minimum absolute atomic E-state index is 0.0859. The van der Waals surface area contributed by atoms with E-state index in [9.17, 15) is 27.1 Å². The number of rotatable bonds is 10. The molecule has 4 N–H and O–H groups in total. The number of benzene rings is 2. The van der Waals surface area contributed by atoms with Gasteiger partial charge < -0.3 is 25.6 Å². The fraction of sp³-hybridized carbons (Fsp3) is 0.462. The number of hydrogen-bond donors (Lipinski definition) is 3. The first-order chi connectivity index (χ1) is 17.6. The number of nitrogens with two attached hydrogens (primary N) is 1. The maximum atomic E-state index is 14.8. The molecular weight excluding hydrogens is 511 g/mol.